The molecular weight excluding hydrogens is 339 g/mol. The minimum Gasteiger partial charge on any atom is -0.179 e. The largest absolute Gasteiger partial charge is 0.179 e. The van der Waals surface area contributed by atoms with Crippen molar-refractivity contribution < 1.29 is 0 Å². The molecule has 0 aliphatic rings. The number of thiol groups is 1. The van der Waals surface area contributed by atoms with Gasteiger partial charge in [0.15, 0.2) is 0 Å². The van der Waals surface area contributed by atoms with Gasteiger partial charge in [0.2, 0.25) is 0 Å². The van der Waals surface area contributed by atoms with Gasteiger partial charge in [-0.15, -0.1) is 0 Å². The summed E-state index contributed by atoms with van der Waals surface area (Å²) in [4.78, 5) is 0. The Kier molecular flexibility index (Phi) is 6.73. The highest BCUT2D eigenvalue weighted by Gasteiger charge is 2.13. The maximum Gasteiger partial charge on any atom is -0.00978 e. The van der Waals surface area contributed by atoms with Crippen LogP contribution < -0.4 is 5.30 Å². The van der Waals surface area contributed by atoms with Crippen molar-refractivity contribution in [3.63, 3.8) is 0 Å². The average Bonchev–Trinajstić information content (AvgIpc) is 2.67. The number of rotatable bonds is 7. The van der Waals surface area contributed by atoms with E-state index < -0.39 is 0 Å². The molecular formula is C23H25PS. The first-order valence-electron chi connectivity index (χ1n) is 8.90. The standard InChI is InChI=1S/C23H25PS/c1-18-16-21(19-10-4-2-5-11-19)23(24-14-8-9-15-25)22(17-18)20-12-6-3-7-13-20/h2-7,10-13,16-17,24-25H,8-9,14-15H2,1H3. The van der Waals surface area contributed by atoms with Crippen molar-refractivity contribution in [3.05, 3.63) is 78.4 Å². The van der Waals surface area contributed by atoms with Gasteiger partial charge in [-0.25, -0.2) is 0 Å². The molecule has 0 radical (unpaired) electrons. The fourth-order valence-corrected chi connectivity index (χ4v) is 4.83. The van der Waals surface area contributed by atoms with Gasteiger partial charge in [0.25, 0.3) is 0 Å². The first kappa shape index (κ1) is 18.2. The van der Waals surface area contributed by atoms with Gasteiger partial charge in [-0.05, 0) is 64.8 Å². The van der Waals surface area contributed by atoms with E-state index in [0.29, 0.717) is 0 Å². The SMILES string of the molecule is Cc1cc(-c2ccccc2)c(PCCCCS)c(-c2ccccc2)c1. The van der Waals surface area contributed by atoms with E-state index in [4.69, 9.17) is 0 Å². The van der Waals surface area contributed by atoms with Crippen molar-refractivity contribution >= 4 is 26.5 Å². The summed E-state index contributed by atoms with van der Waals surface area (Å²) in [6, 6.07) is 26.3. The third kappa shape index (κ3) is 4.75. The smallest absolute Gasteiger partial charge is 0.00978 e. The summed E-state index contributed by atoms with van der Waals surface area (Å²) in [7, 11) is 0.825. The minimum atomic E-state index is 0.825. The quantitative estimate of drug-likeness (QED) is 0.282. The predicted molar refractivity (Wildman–Crippen MR) is 118 cm³/mol. The molecule has 128 valence electrons. The van der Waals surface area contributed by atoms with Crippen LogP contribution in [0.5, 0.6) is 0 Å². The van der Waals surface area contributed by atoms with Gasteiger partial charge in [-0.3, -0.25) is 0 Å². The van der Waals surface area contributed by atoms with Crippen LogP contribution in [0.4, 0.5) is 0 Å². The van der Waals surface area contributed by atoms with Crippen molar-refractivity contribution in [2.75, 3.05) is 11.9 Å². The molecule has 0 nitrogen and oxygen atoms in total. The Morgan fingerprint density at radius 2 is 1.28 bits per heavy atom. The van der Waals surface area contributed by atoms with Crippen molar-refractivity contribution in [1.29, 1.82) is 0 Å². The summed E-state index contributed by atoms with van der Waals surface area (Å²) in [6.07, 6.45) is 3.69. The van der Waals surface area contributed by atoms with Gasteiger partial charge in [-0.2, -0.15) is 12.6 Å². The predicted octanol–water partition coefficient (Wildman–Crippen LogP) is 6.34. The third-order valence-corrected chi connectivity index (χ3v) is 6.15. The molecule has 1 unspecified atom stereocenters. The lowest BCUT2D eigenvalue weighted by molar-refractivity contribution is 0.909. The molecule has 1 atom stereocenters. The second kappa shape index (κ2) is 9.22. The van der Waals surface area contributed by atoms with Gasteiger partial charge in [0.05, 0.1) is 0 Å². The van der Waals surface area contributed by atoms with E-state index in [1.807, 2.05) is 0 Å². The van der Waals surface area contributed by atoms with Crippen LogP contribution in [0.3, 0.4) is 0 Å². The van der Waals surface area contributed by atoms with Crippen molar-refractivity contribution in [2.45, 2.75) is 19.8 Å². The van der Waals surface area contributed by atoms with E-state index in [1.54, 1.807) is 0 Å². The normalized spacial score (nSPS) is 11.3. The highest BCUT2D eigenvalue weighted by atomic mass is 32.1. The lowest BCUT2D eigenvalue weighted by Crippen LogP contribution is -2.07. The lowest BCUT2D eigenvalue weighted by atomic mass is 9.96. The molecule has 0 aliphatic heterocycles. The zero-order valence-corrected chi connectivity index (χ0v) is 16.6. The number of unbranched alkanes of at least 4 members (excludes halogenated alkanes) is 1. The molecule has 0 heterocycles. The van der Waals surface area contributed by atoms with E-state index in [-0.39, 0.29) is 0 Å². The Morgan fingerprint density at radius 1 is 0.760 bits per heavy atom. The van der Waals surface area contributed by atoms with Crippen LogP contribution in [0, 0.1) is 6.92 Å². The van der Waals surface area contributed by atoms with Crippen LogP contribution in [-0.2, 0) is 0 Å². The van der Waals surface area contributed by atoms with Crippen LogP contribution >= 0.6 is 21.2 Å². The first-order chi connectivity index (χ1) is 12.3. The molecule has 0 spiro atoms. The van der Waals surface area contributed by atoms with Crippen LogP contribution in [0.25, 0.3) is 22.3 Å². The third-order valence-electron chi connectivity index (χ3n) is 4.34. The average molecular weight is 364 g/mol. The summed E-state index contributed by atoms with van der Waals surface area (Å²) in [5.41, 5.74) is 6.74. The molecule has 0 saturated carbocycles. The van der Waals surface area contributed by atoms with E-state index in [9.17, 15) is 0 Å². The van der Waals surface area contributed by atoms with Crippen LogP contribution in [0.2, 0.25) is 0 Å². The van der Waals surface area contributed by atoms with Crippen LogP contribution in [0.15, 0.2) is 72.8 Å². The molecule has 0 fully saturated rings. The van der Waals surface area contributed by atoms with Crippen LogP contribution in [0.1, 0.15) is 18.4 Å². The lowest BCUT2D eigenvalue weighted by Gasteiger charge is -2.17. The molecule has 0 aliphatic carbocycles. The number of hydrogen-bond donors (Lipinski definition) is 1. The fraction of sp³-hybridized carbons (Fsp3) is 0.217. The Bertz CT molecular complexity index is 736. The fourth-order valence-electron chi connectivity index (χ4n) is 3.12. The van der Waals surface area contributed by atoms with Gasteiger partial charge >= 0.3 is 0 Å². The Hall–Kier alpha value is -1.56. The highest BCUT2D eigenvalue weighted by molar-refractivity contribution is 7.80. The van der Waals surface area contributed by atoms with E-state index in [2.05, 4.69) is 92.3 Å². The molecule has 0 aromatic heterocycles. The zero-order chi connectivity index (χ0) is 17.5. The van der Waals surface area contributed by atoms with Gasteiger partial charge in [0, 0.05) is 0 Å². The molecule has 0 amide bonds. The molecule has 2 heteroatoms. The number of aryl methyl sites for hydroxylation is 1. The molecule has 3 aromatic carbocycles. The van der Waals surface area contributed by atoms with Gasteiger partial charge in [-0.1, -0.05) is 81.4 Å². The minimum absolute atomic E-state index is 0.825. The number of benzene rings is 3. The second-order valence-corrected chi connectivity index (χ2v) is 8.13. The summed E-state index contributed by atoms with van der Waals surface area (Å²) < 4.78 is 0. The highest BCUT2D eigenvalue weighted by Crippen LogP contribution is 2.32. The van der Waals surface area contributed by atoms with Gasteiger partial charge in [0.1, 0.15) is 0 Å². The Balaban J connectivity index is 2.08. The van der Waals surface area contributed by atoms with Crippen LogP contribution in [-0.4, -0.2) is 11.9 Å². The topological polar surface area (TPSA) is 0 Å². The molecule has 0 bridgehead atoms. The monoisotopic (exact) mass is 364 g/mol. The second-order valence-electron chi connectivity index (χ2n) is 6.32. The van der Waals surface area contributed by atoms with Crippen molar-refractivity contribution in [2.24, 2.45) is 0 Å². The number of hydrogen-bond acceptors (Lipinski definition) is 1. The van der Waals surface area contributed by atoms with E-state index in [0.717, 1.165) is 14.3 Å². The summed E-state index contributed by atoms with van der Waals surface area (Å²) in [5, 5.41) is 1.50. The van der Waals surface area contributed by atoms with E-state index >= 15 is 0 Å². The summed E-state index contributed by atoms with van der Waals surface area (Å²) in [5.74, 6) is 0.982. The maximum absolute atomic E-state index is 4.35. The Morgan fingerprint density at radius 3 is 1.76 bits per heavy atom. The maximum atomic E-state index is 4.35. The zero-order valence-electron chi connectivity index (χ0n) is 14.7. The van der Waals surface area contributed by atoms with Crippen molar-refractivity contribution in [1.82, 2.24) is 0 Å². The molecule has 25 heavy (non-hydrogen) atoms. The van der Waals surface area contributed by atoms with E-state index in [1.165, 1.54) is 52.1 Å². The summed E-state index contributed by atoms with van der Waals surface area (Å²) >= 11 is 4.35. The van der Waals surface area contributed by atoms with Gasteiger partial charge < -0.3 is 0 Å². The van der Waals surface area contributed by atoms with Crippen molar-refractivity contribution in [3.8, 4) is 22.3 Å². The molecule has 0 saturated heterocycles. The molecule has 3 aromatic rings. The first-order valence-corrected chi connectivity index (χ1v) is 10.7. The summed E-state index contributed by atoms with van der Waals surface area (Å²) in [6.45, 7) is 2.20. The molecule has 0 N–H and O–H groups in total. The Labute approximate surface area is 158 Å². The molecule has 3 rings (SSSR count).